The van der Waals surface area contributed by atoms with Crippen LogP contribution < -0.4 is 4.74 Å². The maximum absolute atomic E-state index is 6.04. The molecule has 0 bridgehead atoms. The zero-order valence-corrected chi connectivity index (χ0v) is 18.9. The number of hydrogen-bond acceptors (Lipinski definition) is 2. The number of benzene rings is 3. The molecule has 4 aromatic rings. The Morgan fingerprint density at radius 3 is 2.32 bits per heavy atom. The number of imidazole rings is 1. The Labute approximate surface area is 189 Å². The minimum absolute atomic E-state index is 0.138. The number of halogens is 1. The van der Waals surface area contributed by atoms with Crippen molar-refractivity contribution in [3.63, 3.8) is 0 Å². The van der Waals surface area contributed by atoms with Gasteiger partial charge in [-0.25, -0.2) is 4.98 Å². The van der Waals surface area contributed by atoms with Crippen molar-refractivity contribution >= 4 is 34.8 Å². The molecule has 3 nitrogen and oxygen atoms in total. The van der Waals surface area contributed by atoms with E-state index in [1.165, 1.54) is 5.56 Å². The molecular weight excluding hydrogens is 404 g/mol. The van der Waals surface area contributed by atoms with Crippen LogP contribution in [0.15, 0.2) is 72.8 Å². The molecule has 0 amide bonds. The number of fused-ring (bicyclic) bond motifs is 1. The molecule has 3 aromatic carbocycles. The normalized spacial score (nSPS) is 12.0. The molecule has 0 radical (unpaired) electrons. The van der Waals surface area contributed by atoms with E-state index in [9.17, 15) is 0 Å². The van der Waals surface area contributed by atoms with Gasteiger partial charge < -0.3 is 9.30 Å². The first-order valence-electron chi connectivity index (χ1n) is 10.5. The van der Waals surface area contributed by atoms with Crippen molar-refractivity contribution in [3.05, 3.63) is 94.8 Å². The first kappa shape index (κ1) is 21.2. The molecular formula is C27H27ClN2O. The monoisotopic (exact) mass is 430 g/mol. The quantitative estimate of drug-likeness (QED) is 0.322. The lowest BCUT2D eigenvalue weighted by molar-refractivity contribution is 0.299. The Morgan fingerprint density at radius 2 is 1.61 bits per heavy atom. The van der Waals surface area contributed by atoms with Crippen molar-refractivity contribution in [1.82, 2.24) is 9.55 Å². The van der Waals surface area contributed by atoms with Crippen LogP contribution in [0.25, 0.3) is 23.2 Å². The van der Waals surface area contributed by atoms with Gasteiger partial charge in [-0.15, -0.1) is 0 Å². The van der Waals surface area contributed by atoms with Crippen LogP contribution in [0.4, 0.5) is 0 Å². The van der Waals surface area contributed by atoms with E-state index in [0.717, 1.165) is 33.2 Å². The SMILES string of the molecule is CC(C)(C)c1ccc(OCCn2c(/C=C/c3ccc(Cl)cc3)nc3ccccc32)cc1. The number of para-hydroxylation sites is 2. The van der Waals surface area contributed by atoms with E-state index < -0.39 is 0 Å². The summed E-state index contributed by atoms with van der Waals surface area (Å²) in [6.45, 7) is 7.92. The van der Waals surface area contributed by atoms with Gasteiger partial charge in [0.05, 0.1) is 17.6 Å². The van der Waals surface area contributed by atoms with E-state index in [1.807, 2.05) is 60.7 Å². The molecule has 0 aliphatic rings. The molecule has 0 fully saturated rings. The Morgan fingerprint density at radius 1 is 0.903 bits per heavy atom. The molecule has 0 N–H and O–H groups in total. The van der Waals surface area contributed by atoms with Crippen molar-refractivity contribution in [2.24, 2.45) is 0 Å². The van der Waals surface area contributed by atoms with Crippen LogP contribution >= 0.6 is 11.6 Å². The van der Waals surface area contributed by atoms with E-state index in [1.54, 1.807) is 0 Å². The number of aromatic nitrogens is 2. The van der Waals surface area contributed by atoms with Gasteiger partial charge >= 0.3 is 0 Å². The maximum Gasteiger partial charge on any atom is 0.133 e. The number of rotatable bonds is 6. The topological polar surface area (TPSA) is 27.1 Å². The van der Waals surface area contributed by atoms with Gasteiger partial charge in [-0.3, -0.25) is 0 Å². The number of ether oxygens (including phenoxy) is 1. The van der Waals surface area contributed by atoms with Crippen molar-refractivity contribution < 1.29 is 4.74 Å². The van der Waals surface area contributed by atoms with E-state index in [4.69, 9.17) is 21.3 Å². The van der Waals surface area contributed by atoms with Gasteiger partial charge in [0.25, 0.3) is 0 Å². The van der Waals surface area contributed by atoms with Gasteiger partial charge in [-0.1, -0.05) is 74.8 Å². The van der Waals surface area contributed by atoms with E-state index in [2.05, 4.69) is 49.6 Å². The maximum atomic E-state index is 6.04. The predicted octanol–water partition coefficient (Wildman–Crippen LogP) is 7.24. The zero-order valence-electron chi connectivity index (χ0n) is 18.2. The first-order valence-corrected chi connectivity index (χ1v) is 10.9. The van der Waals surface area contributed by atoms with Gasteiger partial charge in [0.1, 0.15) is 18.2 Å². The summed E-state index contributed by atoms with van der Waals surface area (Å²) in [5, 5.41) is 0.733. The fourth-order valence-corrected chi connectivity index (χ4v) is 3.63. The summed E-state index contributed by atoms with van der Waals surface area (Å²) in [4.78, 5) is 4.80. The van der Waals surface area contributed by atoms with Crippen LogP contribution in [-0.4, -0.2) is 16.2 Å². The molecule has 4 heteroatoms. The number of nitrogens with zero attached hydrogens (tertiary/aromatic N) is 2. The Balaban J connectivity index is 1.51. The lowest BCUT2D eigenvalue weighted by Gasteiger charge is -2.19. The van der Waals surface area contributed by atoms with Gasteiger partial charge in [0.2, 0.25) is 0 Å². The third kappa shape index (κ3) is 5.18. The molecule has 0 atom stereocenters. The smallest absolute Gasteiger partial charge is 0.133 e. The standard InChI is InChI=1S/C27H27ClN2O/c1-27(2,3)21-11-15-23(16-12-21)31-19-18-30-25-7-5-4-6-24(25)29-26(30)17-10-20-8-13-22(28)14-9-20/h4-17H,18-19H2,1-3H3/b17-10+. The van der Waals surface area contributed by atoms with Crippen molar-refractivity contribution in [3.8, 4) is 5.75 Å². The summed E-state index contributed by atoms with van der Waals surface area (Å²) in [6, 6.07) is 24.3. The molecule has 158 valence electrons. The van der Waals surface area contributed by atoms with Crippen LogP contribution in [0, 0.1) is 0 Å². The highest BCUT2D eigenvalue weighted by molar-refractivity contribution is 6.30. The first-order chi connectivity index (χ1) is 14.9. The molecule has 0 aliphatic carbocycles. The Hall–Kier alpha value is -3.04. The lowest BCUT2D eigenvalue weighted by Crippen LogP contribution is -2.11. The molecule has 0 aliphatic heterocycles. The van der Waals surface area contributed by atoms with Gasteiger partial charge in [-0.05, 0) is 59.0 Å². The third-order valence-corrected chi connectivity index (χ3v) is 5.53. The highest BCUT2D eigenvalue weighted by atomic mass is 35.5. The van der Waals surface area contributed by atoms with E-state index >= 15 is 0 Å². The van der Waals surface area contributed by atoms with Crippen molar-refractivity contribution in [2.45, 2.75) is 32.7 Å². The summed E-state index contributed by atoms with van der Waals surface area (Å²) < 4.78 is 8.24. The fraction of sp³-hybridized carbons (Fsp3) is 0.222. The predicted molar refractivity (Wildman–Crippen MR) is 131 cm³/mol. The lowest BCUT2D eigenvalue weighted by atomic mass is 9.87. The van der Waals surface area contributed by atoms with Crippen molar-refractivity contribution in [2.75, 3.05) is 6.61 Å². The molecule has 4 rings (SSSR count). The molecule has 0 spiro atoms. The second-order valence-electron chi connectivity index (χ2n) is 8.62. The number of hydrogen-bond donors (Lipinski definition) is 0. The molecule has 0 saturated heterocycles. The minimum Gasteiger partial charge on any atom is -0.492 e. The van der Waals surface area contributed by atoms with Crippen LogP contribution in [0.5, 0.6) is 5.75 Å². The third-order valence-electron chi connectivity index (χ3n) is 5.28. The highest BCUT2D eigenvalue weighted by Crippen LogP contribution is 2.24. The van der Waals surface area contributed by atoms with E-state index in [-0.39, 0.29) is 5.41 Å². The van der Waals surface area contributed by atoms with Gasteiger partial charge in [-0.2, -0.15) is 0 Å². The fourth-order valence-electron chi connectivity index (χ4n) is 3.51. The largest absolute Gasteiger partial charge is 0.492 e. The molecule has 1 heterocycles. The highest BCUT2D eigenvalue weighted by Gasteiger charge is 2.13. The Kier molecular flexibility index (Phi) is 6.15. The summed E-state index contributed by atoms with van der Waals surface area (Å²) >= 11 is 5.99. The van der Waals surface area contributed by atoms with Crippen molar-refractivity contribution in [1.29, 1.82) is 0 Å². The summed E-state index contributed by atoms with van der Waals surface area (Å²) in [7, 11) is 0. The van der Waals surface area contributed by atoms with E-state index in [0.29, 0.717) is 13.2 Å². The van der Waals surface area contributed by atoms with Crippen LogP contribution in [-0.2, 0) is 12.0 Å². The summed E-state index contributed by atoms with van der Waals surface area (Å²) in [5.74, 6) is 1.79. The second-order valence-corrected chi connectivity index (χ2v) is 9.05. The molecule has 1 aromatic heterocycles. The van der Waals surface area contributed by atoms with Crippen LogP contribution in [0.3, 0.4) is 0 Å². The average Bonchev–Trinajstić information content (AvgIpc) is 3.11. The molecule has 0 unspecified atom stereocenters. The van der Waals surface area contributed by atoms with Crippen LogP contribution in [0.2, 0.25) is 5.02 Å². The van der Waals surface area contributed by atoms with Gasteiger partial charge in [0.15, 0.2) is 0 Å². The summed E-state index contributed by atoms with van der Waals surface area (Å²) in [5.41, 5.74) is 4.60. The Bertz CT molecular complexity index is 1180. The minimum atomic E-state index is 0.138. The molecule has 0 saturated carbocycles. The summed E-state index contributed by atoms with van der Waals surface area (Å²) in [6.07, 6.45) is 4.10. The second kappa shape index (κ2) is 8.99. The zero-order chi connectivity index (χ0) is 21.8. The van der Waals surface area contributed by atoms with Crippen LogP contribution in [0.1, 0.15) is 37.7 Å². The average molecular weight is 431 g/mol. The van der Waals surface area contributed by atoms with Gasteiger partial charge in [0, 0.05) is 5.02 Å². The molecule has 31 heavy (non-hydrogen) atoms.